The van der Waals surface area contributed by atoms with Crippen molar-refractivity contribution in [2.75, 3.05) is 18.6 Å². The van der Waals surface area contributed by atoms with Crippen molar-refractivity contribution in [3.8, 4) is 11.8 Å². The summed E-state index contributed by atoms with van der Waals surface area (Å²) in [5.41, 5.74) is 0.444. The Morgan fingerprint density at radius 3 is 2.90 bits per heavy atom. The van der Waals surface area contributed by atoms with E-state index in [0.717, 1.165) is 18.2 Å². The molecule has 0 bridgehead atoms. The van der Waals surface area contributed by atoms with Crippen molar-refractivity contribution in [2.24, 2.45) is 0 Å². The van der Waals surface area contributed by atoms with Gasteiger partial charge in [-0.2, -0.15) is 11.8 Å². The fraction of sp³-hybridized carbons (Fsp3) is 0.400. The van der Waals surface area contributed by atoms with E-state index in [1.165, 1.54) is 12.1 Å². The summed E-state index contributed by atoms with van der Waals surface area (Å²) in [6, 6.07) is 4.19. The Hall–Kier alpha value is -1.51. The van der Waals surface area contributed by atoms with Crippen LogP contribution < -0.4 is 5.32 Å². The average Bonchev–Trinajstić information content (AvgIpc) is 2.43. The molecule has 20 heavy (non-hydrogen) atoms. The molecule has 0 heterocycles. The van der Waals surface area contributed by atoms with Crippen LogP contribution in [0.5, 0.6) is 0 Å². The van der Waals surface area contributed by atoms with E-state index >= 15 is 0 Å². The molecule has 0 aliphatic carbocycles. The van der Waals surface area contributed by atoms with Gasteiger partial charge < -0.3 is 10.4 Å². The largest absolute Gasteiger partial charge is 0.384 e. The van der Waals surface area contributed by atoms with E-state index in [9.17, 15) is 9.18 Å². The molecule has 108 valence electrons. The van der Waals surface area contributed by atoms with Gasteiger partial charge >= 0.3 is 0 Å². The van der Waals surface area contributed by atoms with E-state index in [1.807, 2.05) is 13.2 Å². The van der Waals surface area contributed by atoms with Crippen LogP contribution in [0.3, 0.4) is 0 Å². The first-order chi connectivity index (χ1) is 9.58. The molecule has 0 saturated heterocycles. The zero-order chi connectivity index (χ0) is 15.0. The zero-order valence-corrected chi connectivity index (χ0v) is 12.4. The van der Waals surface area contributed by atoms with Gasteiger partial charge in [0.15, 0.2) is 0 Å². The van der Waals surface area contributed by atoms with Crippen LogP contribution in [-0.4, -0.2) is 35.7 Å². The van der Waals surface area contributed by atoms with E-state index in [1.54, 1.807) is 11.8 Å². The molecule has 0 aromatic heterocycles. The van der Waals surface area contributed by atoms with Crippen molar-refractivity contribution >= 4 is 17.7 Å². The third kappa shape index (κ3) is 5.24. The number of thioether (sulfide) groups is 1. The summed E-state index contributed by atoms with van der Waals surface area (Å²) in [4.78, 5) is 11.9. The molecule has 1 atom stereocenters. The quantitative estimate of drug-likeness (QED) is 0.817. The third-order valence-electron chi connectivity index (χ3n) is 2.67. The number of hydrogen-bond donors (Lipinski definition) is 2. The summed E-state index contributed by atoms with van der Waals surface area (Å²) in [6.45, 7) is 1.60. The second-order valence-electron chi connectivity index (χ2n) is 4.31. The van der Waals surface area contributed by atoms with Crippen molar-refractivity contribution in [1.29, 1.82) is 0 Å². The molecule has 0 spiro atoms. The van der Waals surface area contributed by atoms with E-state index < -0.39 is 5.82 Å². The first-order valence-electron chi connectivity index (χ1n) is 6.27. The number of aliphatic hydroxyl groups excluding tert-OH is 1. The summed E-state index contributed by atoms with van der Waals surface area (Å²) in [7, 11) is 0. The monoisotopic (exact) mass is 295 g/mol. The molecular weight excluding hydrogens is 277 g/mol. The van der Waals surface area contributed by atoms with Gasteiger partial charge in [0.1, 0.15) is 12.4 Å². The molecular formula is C15H18FNO2S. The lowest BCUT2D eigenvalue weighted by Crippen LogP contribution is -2.33. The van der Waals surface area contributed by atoms with Crippen LogP contribution in [0.15, 0.2) is 18.2 Å². The summed E-state index contributed by atoms with van der Waals surface area (Å²) in [5.74, 6) is 4.97. The van der Waals surface area contributed by atoms with E-state index in [-0.39, 0.29) is 29.7 Å². The van der Waals surface area contributed by atoms with Crippen LogP contribution in [0.1, 0.15) is 29.3 Å². The Labute approximate surface area is 123 Å². The molecule has 1 rings (SSSR count). The number of benzene rings is 1. The number of nitrogens with one attached hydrogen (secondary N) is 1. The summed E-state index contributed by atoms with van der Waals surface area (Å²) < 4.78 is 13.7. The third-order valence-corrected chi connectivity index (χ3v) is 3.31. The minimum atomic E-state index is -0.560. The molecule has 1 amide bonds. The predicted molar refractivity (Wildman–Crippen MR) is 80.3 cm³/mol. The molecule has 3 nitrogen and oxygen atoms in total. The highest BCUT2D eigenvalue weighted by molar-refractivity contribution is 7.98. The number of amides is 1. The number of carbonyl (C=O) groups excluding carboxylic acids is 1. The van der Waals surface area contributed by atoms with Gasteiger partial charge in [-0.05, 0) is 43.6 Å². The van der Waals surface area contributed by atoms with Crippen molar-refractivity contribution in [1.82, 2.24) is 5.32 Å². The van der Waals surface area contributed by atoms with Crippen LogP contribution in [0.4, 0.5) is 4.39 Å². The zero-order valence-electron chi connectivity index (χ0n) is 11.6. The minimum absolute atomic E-state index is 0.0480. The molecule has 0 aliphatic rings. The Balaban J connectivity index is 2.72. The highest BCUT2D eigenvalue weighted by atomic mass is 32.2. The number of halogens is 1. The van der Waals surface area contributed by atoms with Gasteiger partial charge in [0.2, 0.25) is 0 Å². The first kappa shape index (κ1) is 16.5. The van der Waals surface area contributed by atoms with Crippen LogP contribution in [-0.2, 0) is 0 Å². The van der Waals surface area contributed by atoms with Crippen molar-refractivity contribution in [3.63, 3.8) is 0 Å². The van der Waals surface area contributed by atoms with Gasteiger partial charge in [-0.15, -0.1) is 0 Å². The fourth-order valence-corrected chi connectivity index (χ4v) is 2.16. The smallest absolute Gasteiger partial charge is 0.251 e. The second-order valence-corrected chi connectivity index (χ2v) is 5.30. The topological polar surface area (TPSA) is 49.3 Å². The Bertz CT molecular complexity index is 522. The molecule has 1 unspecified atom stereocenters. The van der Waals surface area contributed by atoms with Gasteiger partial charge in [-0.25, -0.2) is 4.39 Å². The first-order valence-corrected chi connectivity index (χ1v) is 7.67. The summed E-state index contributed by atoms with van der Waals surface area (Å²) in [5, 5.41) is 11.4. The van der Waals surface area contributed by atoms with Crippen LogP contribution in [0.2, 0.25) is 0 Å². The van der Waals surface area contributed by atoms with Crippen molar-refractivity contribution in [2.45, 2.75) is 19.4 Å². The Kier molecular flexibility index (Phi) is 7.13. The van der Waals surface area contributed by atoms with E-state index in [4.69, 9.17) is 5.11 Å². The summed E-state index contributed by atoms with van der Waals surface area (Å²) in [6.07, 6.45) is 2.88. The molecule has 5 heteroatoms. The van der Waals surface area contributed by atoms with E-state index in [0.29, 0.717) is 0 Å². The lowest BCUT2D eigenvalue weighted by molar-refractivity contribution is 0.0939. The molecule has 1 aromatic rings. The van der Waals surface area contributed by atoms with Crippen LogP contribution in [0, 0.1) is 17.7 Å². The number of aliphatic hydroxyl groups is 1. The maximum atomic E-state index is 13.7. The molecule has 0 radical (unpaired) electrons. The normalized spacial score (nSPS) is 11.4. The maximum absolute atomic E-state index is 13.7. The average molecular weight is 295 g/mol. The lowest BCUT2D eigenvalue weighted by Gasteiger charge is -2.13. The molecule has 2 N–H and O–H groups in total. The fourth-order valence-electron chi connectivity index (χ4n) is 1.57. The molecule has 0 fully saturated rings. The standard InChI is InChI=1S/C15H18FNO2S/c1-11(7-9-20-2)17-15(19)13-6-5-12(4-3-8-18)14(16)10-13/h5-6,10-11,18H,7-9H2,1-2H3,(H,17,19). The highest BCUT2D eigenvalue weighted by Crippen LogP contribution is 2.10. The van der Waals surface area contributed by atoms with Gasteiger partial charge in [0.05, 0.1) is 5.56 Å². The maximum Gasteiger partial charge on any atom is 0.251 e. The molecule has 1 aromatic carbocycles. The second kappa shape index (κ2) is 8.62. The van der Waals surface area contributed by atoms with Gasteiger partial charge in [-0.1, -0.05) is 11.8 Å². The predicted octanol–water partition coefficient (Wildman–Crippen LogP) is 2.04. The van der Waals surface area contributed by atoms with Crippen molar-refractivity contribution < 1.29 is 14.3 Å². The number of carbonyl (C=O) groups is 1. The van der Waals surface area contributed by atoms with Crippen LogP contribution in [0.25, 0.3) is 0 Å². The van der Waals surface area contributed by atoms with Gasteiger partial charge in [0.25, 0.3) is 5.91 Å². The van der Waals surface area contributed by atoms with E-state index in [2.05, 4.69) is 17.2 Å². The number of rotatable bonds is 5. The van der Waals surface area contributed by atoms with Crippen molar-refractivity contribution in [3.05, 3.63) is 35.1 Å². The van der Waals surface area contributed by atoms with Crippen LogP contribution >= 0.6 is 11.8 Å². The SMILES string of the molecule is CSCCC(C)NC(=O)c1ccc(C#CCO)c(F)c1. The Morgan fingerprint density at radius 1 is 1.55 bits per heavy atom. The van der Waals surface area contributed by atoms with Gasteiger partial charge in [-0.3, -0.25) is 4.79 Å². The summed E-state index contributed by atoms with van der Waals surface area (Å²) >= 11 is 1.72. The number of hydrogen-bond acceptors (Lipinski definition) is 3. The molecule has 0 aliphatic heterocycles. The Morgan fingerprint density at radius 2 is 2.30 bits per heavy atom. The van der Waals surface area contributed by atoms with Gasteiger partial charge in [0, 0.05) is 11.6 Å². The molecule has 0 saturated carbocycles. The lowest BCUT2D eigenvalue weighted by atomic mass is 10.1. The highest BCUT2D eigenvalue weighted by Gasteiger charge is 2.11. The minimum Gasteiger partial charge on any atom is -0.384 e.